The van der Waals surface area contributed by atoms with E-state index in [9.17, 15) is 0 Å². The van der Waals surface area contributed by atoms with E-state index in [1.807, 2.05) is 48.5 Å². The van der Waals surface area contributed by atoms with E-state index in [0.29, 0.717) is 21.7 Å². The number of aromatic nitrogens is 4. The summed E-state index contributed by atoms with van der Waals surface area (Å²) in [6.07, 6.45) is 1.51. The molecule has 0 aliphatic rings. The molecule has 0 radical (unpaired) electrons. The third kappa shape index (κ3) is 2.80. The lowest BCUT2D eigenvalue weighted by Gasteiger charge is -1.99. The lowest BCUT2D eigenvalue weighted by atomic mass is 10.2. The van der Waals surface area contributed by atoms with Gasteiger partial charge < -0.3 is 13.6 Å². The van der Waals surface area contributed by atoms with Crippen molar-refractivity contribution in [3.63, 3.8) is 0 Å². The summed E-state index contributed by atoms with van der Waals surface area (Å²) in [7, 11) is 1.62. The minimum Gasteiger partial charge on any atom is -0.497 e. The van der Waals surface area contributed by atoms with Crippen LogP contribution < -0.4 is 4.74 Å². The third-order valence-electron chi connectivity index (χ3n) is 4.05. The van der Waals surface area contributed by atoms with Crippen molar-refractivity contribution in [3.8, 4) is 17.2 Å². The van der Waals surface area contributed by atoms with E-state index in [4.69, 9.17) is 13.6 Å². The van der Waals surface area contributed by atoms with Gasteiger partial charge in [-0.2, -0.15) is 0 Å². The van der Waals surface area contributed by atoms with Crippen molar-refractivity contribution in [1.29, 1.82) is 0 Å². The molecule has 0 amide bonds. The Bertz CT molecular complexity index is 1250. The first-order valence-electron chi connectivity index (χ1n) is 8.10. The Labute approximate surface area is 157 Å². The Balaban J connectivity index is 1.49. The number of ether oxygens (including phenoxy) is 1. The predicted molar refractivity (Wildman–Crippen MR) is 99.7 cm³/mol. The second-order valence-corrected chi connectivity index (χ2v) is 6.60. The van der Waals surface area contributed by atoms with Crippen LogP contribution in [0.1, 0.15) is 0 Å². The van der Waals surface area contributed by atoms with Gasteiger partial charge >= 0.3 is 0 Å². The van der Waals surface area contributed by atoms with Crippen LogP contribution >= 0.6 is 11.8 Å². The number of para-hydroxylation sites is 1. The molecule has 132 valence electrons. The lowest BCUT2D eigenvalue weighted by Crippen LogP contribution is -1.84. The summed E-state index contributed by atoms with van der Waals surface area (Å²) in [6.45, 7) is 0. The van der Waals surface area contributed by atoms with E-state index in [1.165, 1.54) is 18.1 Å². The zero-order valence-corrected chi connectivity index (χ0v) is 14.9. The van der Waals surface area contributed by atoms with Gasteiger partial charge in [-0.15, -0.1) is 10.2 Å². The van der Waals surface area contributed by atoms with Crippen molar-refractivity contribution in [2.45, 2.75) is 10.2 Å². The Morgan fingerprint density at radius 2 is 1.78 bits per heavy atom. The number of nitrogens with zero attached hydrogens (tertiary/aromatic N) is 4. The number of hydrogen-bond donors (Lipinski definition) is 0. The average Bonchev–Trinajstić information content (AvgIpc) is 3.33. The maximum Gasteiger partial charge on any atom is 0.283 e. The van der Waals surface area contributed by atoms with Gasteiger partial charge in [-0.1, -0.05) is 12.1 Å². The second-order valence-electron chi connectivity index (χ2n) is 5.66. The highest BCUT2D eigenvalue weighted by Gasteiger charge is 2.17. The van der Waals surface area contributed by atoms with Crippen molar-refractivity contribution < 1.29 is 13.6 Å². The van der Waals surface area contributed by atoms with Gasteiger partial charge in [0.1, 0.15) is 23.2 Å². The Morgan fingerprint density at radius 3 is 2.63 bits per heavy atom. The Morgan fingerprint density at radius 1 is 0.926 bits per heavy atom. The summed E-state index contributed by atoms with van der Waals surface area (Å²) in [5.41, 5.74) is 2.94. The zero-order chi connectivity index (χ0) is 18.2. The van der Waals surface area contributed by atoms with Crippen molar-refractivity contribution in [2.24, 2.45) is 0 Å². The van der Waals surface area contributed by atoms with Gasteiger partial charge in [0.25, 0.3) is 5.22 Å². The summed E-state index contributed by atoms with van der Waals surface area (Å²) >= 11 is 1.25. The van der Waals surface area contributed by atoms with Gasteiger partial charge in [-0.05, 0) is 48.2 Å². The summed E-state index contributed by atoms with van der Waals surface area (Å²) in [4.78, 5) is 8.66. The van der Waals surface area contributed by atoms with Gasteiger partial charge in [-0.25, -0.2) is 9.97 Å². The van der Waals surface area contributed by atoms with Gasteiger partial charge in [-0.3, -0.25) is 0 Å². The highest BCUT2D eigenvalue weighted by atomic mass is 32.2. The molecule has 5 aromatic rings. The summed E-state index contributed by atoms with van der Waals surface area (Å²) < 4.78 is 16.9. The number of benzene rings is 2. The van der Waals surface area contributed by atoms with Gasteiger partial charge in [0, 0.05) is 10.9 Å². The Hall–Kier alpha value is -3.39. The van der Waals surface area contributed by atoms with E-state index < -0.39 is 0 Å². The summed E-state index contributed by atoms with van der Waals surface area (Å²) in [5, 5.41) is 10.2. The highest BCUT2D eigenvalue weighted by Crippen LogP contribution is 2.36. The molecule has 7 nitrogen and oxygen atoms in total. The van der Waals surface area contributed by atoms with Crippen LogP contribution in [-0.2, 0) is 0 Å². The van der Waals surface area contributed by atoms with E-state index in [2.05, 4.69) is 20.2 Å². The quantitative estimate of drug-likeness (QED) is 0.421. The van der Waals surface area contributed by atoms with Crippen molar-refractivity contribution in [1.82, 2.24) is 20.2 Å². The molecule has 0 N–H and O–H groups in total. The molecule has 0 spiro atoms. The highest BCUT2D eigenvalue weighted by molar-refractivity contribution is 7.99. The SMILES string of the molecule is COc1ccc(-c2nnc(Sc3ncnc4c3oc3ccccc34)o2)cc1. The molecule has 8 heteroatoms. The van der Waals surface area contributed by atoms with Crippen LogP contribution in [0.4, 0.5) is 0 Å². The fraction of sp³-hybridized carbons (Fsp3) is 0.0526. The van der Waals surface area contributed by atoms with Crippen LogP contribution in [0.5, 0.6) is 5.75 Å². The molecule has 0 fully saturated rings. The number of hydrogen-bond acceptors (Lipinski definition) is 8. The standard InChI is InChI=1S/C19H12N4O3S/c1-24-12-8-6-11(7-9-12)17-22-23-19(26-17)27-18-16-15(20-10-21-18)13-4-2-3-5-14(13)25-16/h2-10H,1H3. The van der Waals surface area contributed by atoms with E-state index >= 15 is 0 Å². The number of furan rings is 1. The van der Waals surface area contributed by atoms with Crippen molar-refractivity contribution in [3.05, 3.63) is 54.9 Å². The van der Waals surface area contributed by atoms with E-state index in [0.717, 1.165) is 27.8 Å². The average molecular weight is 376 g/mol. The van der Waals surface area contributed by atoms with Crippen LogP contribution in [-0.4, -0.2) is 27.3 Å². The summed E-state index contributed by atoms with van der Waals surface area (Å²) in [5.74, 6) is 1.19. The minimum atomic E-state index is 0.376. The largest absolute Gasteiger partial charge is 0.497 e. The summed E-state index contributed by atoms with van der Waals surface area (Å²) in [6, 6.07) is 15.2. The molecule has 5 rings (SSSR count). The molecular weight excluding hydrogens is 364 g/mol. The molecule has 0 aliphatic heterocycles. The van der Waals surface area contributed by atoms with Gasteiger partial charge in [0.2, 0.25) is 5.89 Å². The first kappa shape index (κ1) is 15.8. The van der Waals surface area contributed by atoms with Crippen LogP contribution in [0.2, 0.25) is 0 Å². The fourth-order valence-electron chi connectivity index (χ4n) is 2.76. The number of rotatable bonds is 4. The first-order chi connectivity index (χ1) is 13.3. The molecule has 2 aromatic carbocycles. The zero-order valence-electron chi connectivity index (χ0n) is 14.1. The maximum absolute atomic E-state index is 5.92. The predicted octanol–water partition coefficient (Wildman–Crippen LogP) is 4.59. The fourth-order valence-corrected chi connectivity index (χ4v) is 3.46. The third-order valence-corrected chi connectivity index (χ3v) is 4.88. The molecule has 0 aliphatic carbocycles. The monoisotopic (exact) mass is 376 g/mol. The van der Waals surface area contributed by atoms with Crippen LogP contribution in [0.3, 0.4) is 0 Å². The Kier molecular flexibility index (Phi) is 3.75. The second kappa shape index (κ2) is 6.40. The van der Waals surface area contributed by atoms with Crippen molar-refractivity contribution in [2.75, 3.05) is 7.11 Å². The topological polar surface area (TPSA) is 87.1 Å². The molecule has 3 aromatic heterocycles. The molecule has 0 saturated carbocycles. The molecule has 0 atom stereocenters. The normalized spacial score (nSPS) is 11.3. The van der Waals surface area contributed by atoms with Crippen LogP contribution in [0, 0.1) is 0 Å². The van der Waals surface area contributed by atoms with Crippen molar-refractivity contribution >= 4 is 33.8 Å². The van der Waals surface area contributed by atoms with E-state index in [-0.39, 0.29) is 0 Å². The minimum absolute atomic E-state index is 0.376. The molecule has 0 saturated heterocycles. The number of fused-ring (bicyclic) bond motifs is 3. The first-order valence-corrected chi connectivity index (χ1v) is 8.91. The van der Waals surface area contributed by atoms with Gasteiger partial charge in [0.05, 0.1) is 7.11 Å². The number of methoxy groups -OCH3 is 1. The molecule has 0 unspecified atom stereocenters. The lowest BCUT2D eigenvalue weighted by molar-refractivity contribution is 0.414. The molecule has 3 heterocycles. The molecule has 0 bridgehead atoms. The van der Waals surface area contributed by atoms with Crippen LogP contribution in [0.15, 0.2) is 73.9 Å². The maximum atomic E-state index is 5.92. The molecule has 27 heavy (non-hydrogen) atoms. The smallest absolute Gasteiger partial charge is 0.283 e. The van der Waals surface area contributed by atoms with E-state index in [1.54, 1.807) is 7.11 Å². The van der Waals surface area contributed by atoms with Crippen LogP contribution in [0.25, 0.3) is 33.5 Å². The van der Waals surface area contributed by atoms with Gasteiger partial charge in [0.15, 0.2) is 10.6 Å². The molecular formula is C19H12N4O3S.